The van der Waals surface area contributed by atoms with E-state index in [0.29, 0.717) is 0 Å². The largest absolute Gasteiger partial charge is 0.458 e. The van der Waals surface area contributed by atoms with Crippen LogP contribution in [-0.4, -0.2) is 17.4 Å². The Kier molecular flexibility index (Phi) is 8.50. The second-order valence-corrected chi connectivity index (χ2v) is 8.19. The molecule has 0 aromatic carbocycles. The van der Waals surface area contributed by atoms with Crippen LogP contribution in [-0.2, 0) is 9.53 Å². The van der Waals surface area contributed by atoms with Gasteiger partial charge in [0.15, 0.2) is 0 Å². The Balaban J connectivity index is 3.85. The molecule has 7 heteroatoms. The average molecular weight is 547 g/mol. The zero-order chi connectivity index (χ0) is 9.72. The first kappa shape index (κ1) is 14.0. The Labute approximate surface area is 121 Å². The molecule has 0 N–H and O–H groups in total. The van der Waals surface area contributed by atoms with E-state index < -0.39 is 10.8 Å². The van der Waals surface area contributed by atoms with E-state index in [1.165, 1.54) is 0 Å². The summed E-state index contributed by atoms with van der Waals surface area (Å²) >= 11 is 16.9. The van der Waals surface area contributed by atoms with Crippen LogP contribution in [0.5, 0.6) is 0 Å². The second-order valence-electron chi connectivity index (χ2n) is 1.57. The molecule has 12 heavy (non-hydrogen) atoms. The quantitative estimate of drug-likeness (QED) is 0.306. The average Bonchev–Trinajstić information content (AvgIpc) is 1.98. The molecule has 0 rings (SSSR count). The summed E-state index contributed by atoms with van der Waals surface area (Å²) in [6.45, 7) is 0.233. The van der Waals surface area contributed by atoms with Gasteiger partial charge in [-0.1, -0.05) is 23.2 Å². The predicted molar refractivity (Wildman–Crippen MR) is 75.5 cm³/mol. The Morgan fingerprint density at radius 3 is 2.17 bits per heavy atom. The van der Waals surface area contributed by atoms with Gasteiger partial charge in [-0.3, -0.25) is 0 Å². The van der Waals surface area contributed by atoms with Gasteiger partial charge in [-0.05, 0) is 67.8 Å². The fraction of sp³-hybridized carbons (Fsp3) is 0.400. The number of halogens is 5. The van der Waals surface area contributed by atoms with Crippen LogP contribution >= 0.6 is 91.0 Å². The normalized spacial score (nSPS) is 9.83. The number of rotatable bonds is 3. The van der Waals surface area contributed by atoms with Crippen molar-refractivity contribution in [3.05, 3.63) is 5.17 Å². The van der Waals surface area contributed by atoms with Crippen LogP contribution in [0.2, 0.25) is 0 Å². The SMILES string of the molecule is O=C(OCC(I)=C(I)I)C(Cl)Cl. The summed E-state index contributed by atoms with van der Waals surface area (Å²) < 4.78 is 6.76. The molecule has 70 valence electrons. The summed E-state index contributed by atoms with van der Waals surface area (Å²) in [4.78, 5) is 9.66. The van der Waals surface area contributed by atoms with Gasteiger partial charge in [0.25, 0.3) is 0 Å². The molecule has 0 unspecified atom stereocenters. The maximum atomic E-state index is 10.8. The first-order chi connectivity index (χ1) is 5.45. The molecule has 0 aromatic rings. The molecule has 0 aliphatic heterocycles. The standard InChI is InChI=1S/C5H3Cl2I3O2/c6-3(7)5(11)12-1-2(8)4(9)10/h3H,1H2. The van der Waals surface area contributed by atoms with Gasteiger partial charge < -0.3 is 4.74 Å². The van der Waals surface area contributed by atoms with Crippen molar-refractivity contribution in [3.63, 3.8) is 0 Å². The zero-order valence-electron chi connectivity index (χ0n) is 5.49. The number of hydrogen-bond donors (Lipinski definition) is 0. The molecule has 0 aliphatic rings. The van der Waals surface area contributed by atoms with Crippen molar-refractivity contribution in [3.8, 4) is 0 Å². The third-order valence-corrected chi connectivity index (χ3v) is 5.30. The number of carbonyl (C=O) groups excluding carboxylic acids is 1. The first-order valence-electron chi connectivity index (χ1n) is 2.59. The maximum Gasteiger partial charge on any atom is 0.339 e. The molecular formula is C5H3Cl2I3O2. The minimum Gasteiger partial charge on any atom is -0.458 e. The van der Waals surface area contributed by atoms with E-state index >= 15 is 0 Å². The van der Waals surface area contributed by atoms with Crippen LogP contribution in [0.1, 0.15) is 0 Å². The molecule has 0 atom stereocenters. The van der Waals surface area contributed by atoms with E-state index in [2.05, 4.69) is 67.8 Å². The number of esters is 1. The number of carbonyl (C=O) groups is 1. The van der Waals surface area contributed by atoms with Crippen LogP contribution in [0.25, 0.3) is 0 Å². The van der Waals surface area contributed by atoms with Crippen molar-refractivity contribution >= 4 is 96.9 Å². The van der Waals surface area contributed by atoms with E-state index in [-0.39, 0.29) is 6.61 Å². The molecule has 0 fully saturated rings. The fourth-order valence-corrected chi connectivity index (χ4v) is 0.845. The first-order valence-corrected chi connectivity index (χ1v) is 6.70. The Morgan fingerprint density at radius 1 is 1.33 bits per heavy atom. The van der Waals surface area contributed by atoms with Gasteiger partial charge in [-0.2, -0.15) is 0 Å². The zero-order valence-corrected chi connectivity index (χ0v) is 13.5. The lowest BCUT2D eigenvalue weighted by Gasteiger charge is -2.03. The Hall–Kier alpha value is 1.98. The van der Waals surface area contributed by atoms with E-state index in [9.17, 15) is 4.79 Å². The van der Waals surface area contributed by atoms with Gasteiger partial charge in [0.2, 0.25) is 4.84 Å². The van der Waals surface area contributed by atoms with Crippen LogP contribution < -0.4 is 0 Å². The summed E-state index contributed by atoms with van der Waals surface area (Å²) in [5.41, 5.74) is 0. The molecule has 0 saturated carbocycles. The van der Waals surface area contributed by atoms with E-state index in [4.69, 9.17) is 27.9 Å². The van der Waals surface area contributed by atoms with Crippen molar-refractivity contribution in [2.45, 2.75) is 4.84 Å². The molecule has 0 radical (unpaired) electrons. The van der Waals surface area contributed by atoms with Crippen molar-refractivity contribution in [1.29, 1.82) is 0 Å². The third kappa shape index (κ3) is 6.44. The van der Waals surface area contributed by atoms with Crippen molar-refractivity contribution in [2.75, 3.05) is 6.61 Å². The van der Waals surface area contributed by atoms with Crippen molar-refractivity contribution in [2.24, 2.45) is 0 Å². The van der Waals surface area contributed by atoms with Gasteiger partial charge >= 0.3 is 5.97 Å². The highest BCUT2D eigenvalue weighted by molar-refractivity contribution is 14.2. The highest BCUT2D eigenvalue weighted by atomic mass is 127. The molecule has 0 heterocycles. The minimum atomic E-state index is -1.10. The molecule has 0 spiro atoms. The lowest BCUT2D eigenvalue weighted by molar-refractivity contribution is -0.140. The van der Waals surface area contributed by atoms with Crippen LogP contribution in [0.15, 0.2) is 5.17 Å². The summed E-state index contributed by atoms with van der Waals surface area (Å²) in [6, 6.07) is 0. The molecule has 2 nitrogen and oxygen atoms in total. The van der Waals surface area contributed by atoms with Gasteiger partial charge in [-0.25, -0.2) is 4.79 Å². The highest BCUT2D eigenvalue weighted by Crippen LogP contribution is 2.25. The summed E-state index contributed by atoms with van der Waals surface area (Å²) in [5, 5.41) is 0. The summed E-state index contributed by atoms with van der Waals surface area (Å²) in [6.07, 6.45) is 0. The van der Waals surface area contributed by atoms with Gasteiger partial charge in [-0.15, -0.1) is 0 Å². The van der Waals surface area contributed by atoms with Gasteiger partial charge in [0, 0.05) is 3.58 Å². The van der Waals surface area contributed by atoms with Crippen molar-refractivity contribution < 1.29 is 9.53 Å². The third-order valence-electron chi connectivity index (χ3n) is 0.724. The number of hydrogen-bond acceptors (Lipinski definition) is 2. The summed E-state index contributed by atoms with van der Waals surface area (Å²) in [5.74, 6) is -0.610. The maximum absolute atomic E-state index is 10.8. The molecular weight excluding hydrogens is 544 g/mol. The lowest BCUT2D eigenvalue weighted by Crippen LogP contribution is -2.13. The molecule has 0 aliphatic carbocycles. The predicted octanol–water partition coefficient (Wildman–Crippen LogP) is 3.81. The van der Waals surface area contributed by atoms with E-state index in [1.807, 2.05) is 0 Å². The fourth-order valence-electron chi connectivity index (χ4n) is 0.252. The smallest absolute Gasteiger partial charge is 0.339 e. The highest BCUT2D eigenvalue weighted by Gasteiger charge is 2.13. The Morgan fingerprint density at radius 2 is 1.83 bits per heavy atom. The van der Waals surface area contributed by atoms with E-state index in [1.54, 1.807) is 0 Å². The molecule has 0 saturated heterocycles. The van der Waals surface area contributed by atoms with Crippen molar-refractivity contribution in [1.82, 2.24) is 0 Å². The van der Waals surface area contributed by atoms with Gasteiger partial charge in [0.05, 0.1) is 1.59 Å². The van der Waals surface area contributed by atoms with Crippen LogP contribution in [0.3, 0.4) is 0 Å². The van der Waals surface area contributed by atoms with E-state index in [0.717, 1.165) is 5.17 Å². The summed E-state index contributed by atoms with van der Waals surface area (Å²) in [7, 11) is 0. The topological polar surface area (TPSA) is 26.3 Å². The Bertz CT molecular complexity index is 201. The number of alkyl halides is 2. The molecule has 0 amide bonds. The number of ether oxygens (including phenoxy) is 1. The van der Waals surface area contributed by atoms with Gasteiger partial charge in [0.1, 0.15) is 6.61 Å². The minimum absolute atomic E-state index is 0.233. The van der Waals surface area contributed by atoms with Crippen LogP contribution in [0, 0.1) is 0 Å². The molecule has 0 bridgehead atoms. The molecule has 0 aromatic heterocycles. The van der Waals surface area contributed by atoms with Crippen LogP contribution in [0.4, 0.5) is 0 Å². The lowest BCUT2D eigenvalue weighted by atomic mass is 10.7. The second kappa shape index (κ2) is 7.30. The monoisotopic (exact) mass is 546 g/mol.